The van der Waals surface area contributed by atoms with E-state index in [1.807, 2.05) is 10.8 Å². The van der Waals surface area contributed by atoms with Crippen LogP contribution in [0.2, 0.25) is 0 Å². The van der Waals surface area contributed by atoms with Gasteiger partial charge >= 0.3 is 0 Å². The molecule has 2 N–H and O–H groups in total. The van der Waals surface area contributed by atoms with Gasteiger partial charge in [-0.3, -0.25) is 9.59 Å². The van der Waals surface area contributed by atoms with Crippen molar-refractivity contribution in [1.29, 1.82) is 0 Å². The van der Waals surface area contributed by atoms with E-state index in [2.05, 4.69) is 10.6 Å². The van der Waals surface area contributed by atoms with E-state index in [-0.39, 0.29) is 11.8 Å². The Bertz CT molecular complexity index is 322. The number of nitrogens with one attached hydrogen (secondary N) is 2. The van der Waals surface area contributed by atoms with E-state index in [9.17, 15) is 9.59 Å². The summed E-state index contributed by atoms with van der Waals surface area (Å²) in [5, 5.41) is 9.12. The second kappa shape index (κ2) is 6.19. The Morgan fingerprint density at radius 3 is 2.67 bits per heavy atom. The van der Waals surface area contributed by atoms with Crippen LogP contribution in [0.5, 0.6) is 0 Å². The first-order valence-electron chi connectivity index (χ1n) is 4.75. The van der Waals surface area contributed by atoms with Crippen molar-refractivity contribution in [3.63, 3.8) is 0 Å². The molecular formula is C10H14N2O2S. The van der Waals surface area contributed by atoms with Gasteiger partial charge in [0.1, 0.15) is 0 Å². The number of amides is 2. The molecule has 0 aliphatic heterocycles. The summed E-state index contributed by atoms with van der Waals surface area (Å²) >= 11 is 1.50. The molecule has 0 fully saturated rings. The van der Waals surface area contributed by atoms with Crippen molar-refractivity contribution in [2.45, 2.75) is 13.3 Å². The van der Waals surface area contributed by atoms with Crippen molar-refractivity contribution in [1.82, 2.24) is 10.6 Å². The Morgan fingerprint density at radius 1 is 1.33 bits per heavy atom. The maximum absolute atomic E-state index is 11.4. The van der Waals surface area contributed by atoms with E-state index in [4.69, 9.17) is 0 Å². The van der Waals surface area contributed by atoms with Gasteiger partial charge in [-0.15, -0.1) is 0 Å². The van der Waals surface area contributed by atoms with E-state index >= 15 is 0 Å². The molecule has 5 heteroatoms. The quantitative estimate of drug-likeness (QED) is 0.736. The highest BCUT2D eigenvalue weighted by Gasteiger charge is 2.03. The van der Waals surface area contributed by atoms with Crippen LogP contribution in [-0.4, -0.2) is 24.9 Å². The maximum Gasteiger partial charge on any atom is 0.252 e. The minimum Gasteiger partial charge on any atom is -0.356 e. The molecule has 82 valence electrons. The van der Waals surface area contributed by atoms with Gasteiger partial charge in [0.2, 0.25) is 5.91 Å². The molecule has 1 heterocycles. The highest BCUT2D eigenvalue weighted by atomic mass is 32.1. The third kappa shape index (κ3) is 4.60. The van der Waals surface area contributed by atoms with Crippen LogP contribution in [0.1, 0.15) is 23.7 Å². The van der Waals surface area contributed by atoms with Crippen LogP contribution >= 0.6 is 11.3 Å². The standard InChI is InChI=1S/C10H14N2O2S/c1-8(13)11-4-2-5-12-10(14)9-3-6-15-7-9/h3,6-7H,2,4-5H2,1H3,(H,11,13)(H,12,14). The molecular weight excluding hydrogens is 212 g/mol. The van der Waals surface area contributed by atoms with Crippen molar-refractivity contribution in [3.05, 3.63) is 22.4 Å². The lowest BCUT2D eigenvalue weighted by Gasteiger charge is -2.04. The SMILES string of the molecule is CC(=O)NCCCNC(=O)c1ccsc1. The lowest BCUT2D eigenvalue weighted by molar-refractivity contribution is -0.118. The summed E-state index contributed by atoms with van der Waals surface area (Å²) in [6.45, 7) is 2.65. The van der Waals surface area contributed by atoms with Gasteiger partial charge in [-0.2, -0.15) is 11.3 Å². The fraction of sp³-hybridized carbons (Fsp3) is 0.400. The van der Waals surface area contributed by atoms with E-state index in [1.54, 1.807) is 6.07 Å². The number of hydrogen-bond acceptors (Lipinski definition) is 3. The topological polar surface area (TPSA) is 58.2 Å². The molecule has 4 nitrogen and oxygen atoms in total. The number of carbonyl (C=O) groups is 2. The molecule has 0 atom stereocenters. The summed E-state index contributed by atoms with van der Waals surface area (Å²) in [5.41, 5.74) is 0.694. The lowest BCUT2D eigenvalue weighted by Crippen LogP contribution is -2.28. The van der Waals surface area contributed by atoms with Crippen LogP contribution in [-0.2, 0) is 4.79 Å². The highest BCUT2D eigenvalue weighted by molar-refractivity contribution is 7.08. The predicted octanol–water partition coefficient (Wildman–Crippen LogP) is 1.00. The highest BCUT2D eigenvalue weighted by Crippen LogP contribution is 2.04. The van der Waals surface area contributed by atoms with Crippen LogP contribution in [0.4, 0.5) is 0 Å². The van der Waals surface area contributed by atoms with Crippen molar-refractivity contribution in [3.8, 4) is 0 Å². The molecule has 2 amide bonds. The molecule has 0 radical (unpaired) electrons. The normalized spacial score (nSPS) is 9.67. The Balaban J connectivity index is 2.10. The van der Waals surface area contributed by atoms with Crippen molar-refractivity contribution < 1.29 is 9.59 Å². The largest absolute Gasteiger partial charge is 0.356 e. The van der Waals surface area contributed by atoms with Crippen LogP contribution in [0.25, 0.3) is 0 Å². The summed E-state index contributed by atoms with van der Waals surface area (Å²) in [5.74, 6) is -0.0989. The van der Waals surface area contributed by atoms with E-state index in [0.717, 1.165) is 6.42 Å². The molecule has 0 aliphatic rings. The summed E-state index contributed by atoms with van der Waals surface area (Å²) in [6.07, 6.45) is 0.745. The van der Waals surface area contributed by atoms with Crippen LogP contribution in [0.3, 0.4) is 0 Å². The fourth-order valence-corrected chi connectivity index (χ4v) is 1.69. The molecule has 1 aromatic rings. The van der Waals surface area contributed by atoms with Gasteiger partial charge in [-0.1, -0.05) is 0 Å². The van der Waals surface area contributed by atoms with Crippen LogP contribution < -0.4 is 10.6 Å². The summed E-state index contributed by atoms with van der Waals surface area (Å²) < 4.78 is 0. The molecule has 0 aromatic carbocycles. The average molecular weight is 226 g/mol. The summed E-state index contributed by atoms with van der Waals surface area (Å²) in [4.78, 5) is 21.9. The van der Waals surface area contributed by atoms with Crippen molar-refractivity contribution in [2.24, 2.45) is 0 Å². The minimum absolute atomic E-state index is 0.0424. The maximum atomic E-state index is 11.4. The molecule has 0 bridgehead atoms. The first kappa shape index (κ1) is 11.7. The Hall–Kier alpha value is -1.36. The van der Waals surface area contributed by atoms with Crippen LogP contribution in [0, 0.1) is 0 Å². The zero-order valence-corrected chi connectivity index (χ0v) is 9.39. The first-order valence-corrected chi connectivity index (χ1v) is 5.69. The molecule has 15 heavy (non-hydrogen) atoms. The molecule has 0 unspecified atom stereocenters. The van der Waals surface area contributed by atoms with Gasteiger partial charge in [0.15, 0.2) is 0 Å². The molecule has 1 aromatic heterocycles. The molecule has 0 saturated carbocycles. The molecule has 1 rings (SSSR count). The van der Waals surface area contributed by atoms with Gasteiger partial charge in [0.05, 0.1) is 0 Å². The molecule has 0 aliphatic carbocycles. The number of thiophene rings is 1. The monoisotopic (exact) mass is 226 g/mol. The van der Waals surface area contributed by atoms with Gasteiger partial charge < -0.3 is 10.6 Å². The van der Waals surface area contributed by atoms with Gasteiger partial charge in [0.25, 0.3) is 5.91 Å². The van der Waals surface area contributed by atoms with Gasteiger partial charge in [0, 0.05) is 31.0 Å². The average Bonchev–Trinajstić information content (AvgIpc) is 2.69. The molecule has 0 saturated heterocycles. The predicted molar refractivity (Wildman–Crippen MR) is 60.0 cm³/mol. The van der Waals surface area contributed by atoms with E-state index in [1.165, 1.54) is 18.3 Å². The number of carbonyl (C=O) groups excluding carboxylic acids is 2. The van der Waals surface area contributed by atoms with Gasteiger partial charge in [-0.25, -0.2) is 0 Å². The summed E-state index contributed by atoms with van der Waals surface area (Å²) in [7, 11) is 0. The number of rotatable bonds is 5. The zero-order chi connectivity index (χ0) is 11.1. The van der Waals surface area contributed by atoms with Crippen molar-refractivity contribution >= 4 is 23.2 Å². The second-order valence-electron chi connectivity index (χ2n) is 3.10. The van der Waals surface area contributed by atoms with Crippen LogP contribution in [0.15, 0.2) is 16.8 Å². The fourth-order valence-electron chi connectivity index (χ4n) is 1.05. The zero-order valence-electron chi connectivity index (χ0n) is 8.58. The smallest absolute Gasteiger partial charge is 0.252 e. The number of hydrogen-bond donors (Lipinski definition) is 2. The Labute approximate surface area is 92.7 Å². The summed E-state index contributed by atoms with van der Waals surface area (Å²) in [6, 6.07) is 1.79. The van der Waals surface area contributed by atoms with Crippen molar-refractivity contribution in [2.75, 3.05) is 13.1 Å². The third-order valence-electron chi connectivity index (χ3n) is 1.80. The lowest BCUT2D eigenvalue weighted by atomic mass is 10.3. The minimum atomic E-state index is -0.0564. The van der Waals surface area contributed by atoms with E-state index in [0.29, 0.717) is 18.7 Å². The second-order valence-corrected chi connectivity index (χ2v) is 3.88. The molecule has 0 spiro atoms. The van der Waals surface area contributed by atoms with E-state index < -0.39 is 0 Å². The van der Waals surface area contributed by atoms with Gasteiger partial charge in [-0.05, 0) is 17.9 Å². The Morgan fingerprint density at radius 2 is 2.07 bits per heavy atom. The third-order valence-corrected chi connectivity index (χ3v) is 2.48. The Kier molecular flexibility index (Phi) is 4.83. The first-order chi connectivity index (χ1) is 7.20.